The van der Waals surface area contributed by atoms with Gasteiger partial charge in [0, 0.05) is 16.3 Å². The molecule has 1 amide bonds. The molecule has 0 heterocycles. The van der Waals surface area contributed by atoms with Crippen molar-refractivity contribution in [2.75, 3.05) is 32.1 Å². The summed E-state index contributed by atoms with van der Waals surface area (Å²) in [4.78, 5) is 15.6. The second-order valence-corrected chi connectivity index (χ2v) is 11.3. The molecule has 0 unspecified atom stereocenters. The third kappa shape index (κ3) is 7.81. The molecule has 37 heavy (non-hydrogen) atoms. The summed E-state index contributed by atoms with van der Waals surface area (Å²) in [6.45, 7) is 7.61. The van der Waals surface area contributed by atoms with Crippen molar-refractivity contribution in [1.82, 2.24) is 4.90 Å². The Bertz CT molecular complexity index is 1270. The van der Waals surface area contributed by atoms with Crippen LogP contribution in [0.2, 0.25) is 5.02 Å². The van der Waals surface area contributed by atoms with Crippen molar-refractivity contribution in [2.24, 2.45) is 0 Å². The number of hydrogen-bond donors (Lipinski definition) is 1. The number of sulfone groups is 1. The molecule has 0 saturated heterocycles. The standard InChI is InChI=1S/C29H35ClN2O4S/c1-4-18-32(19-5-2)20-6-7-23-21-25(12-17-28(23)36-3)31-29(33)22-8-13-26(14-9-22)37(34,35)27-15-10-24(30)11-16-27/h8-17,21H,4-7,18-20H2,1-3H3,(H,31,33). The number of amides is 1. The van der Waals surface area contributed by atoms with Crippen LogP contribution in [0.1, 0.15) is 49.0 Å². The van der Waals surface area contributed by atoms with Gasteiger partial charge in [-0.25, -0.2) is 8.42 Å². The van der Waals surface area contributed by atoms with Gasteiger partial charge in [-0.3, -0.25) is 4.79 Å². The Morgan fingerprint density at radius 3 is 2.05 bits per heavy atom. The van der Waals surface area contributed by atoms with Gasteiger partial charge in [0.25, 0.3) is 5.91 Å². The van der Waals surface area contributed by atoms with Crippen molar-refractivity contribution < 1.29 is 17.9 Å². The fourth-order valence-corrected chi connectivity index (χ4v) is 5.64. The average molecular weight is 543 g/mol. The Kier molecular flexibility index (Phi) is 10.6. The highest BCUT2D eigenvalue weighted by molar-refractivity contribution is 7.91. The number of nitrogens with zero attached hydrogens (tertiary/aromatic N) is 1. The number of carbonyl (C=O) groups excluding carboxylic acids is 1. The van der Waals surface area contributed by atoms with Crippen LogP contribution in [0.4, 0.5) is 5.69 Å². The summed E-state index contributed by atoms with van der Waals surface area (Å²) in [6.07, 6.45) is 4.11. The number of aryl methyl sites for hydroxylation is 1. The van der Waals surface area contributed by atoms with Gasteiger partial charge in [-0.15, -0.1) is 0 Å². The zero-order valence-corrected chi connectivity index (χ0v) is 23.2. The number of rotatable bonds is 13. The molecule has 3 aromatic carbocycles. The van der Waals surface area contributed by atoms with Crippen molar-refractivity contribution in [1.29, 1.82) is 0 Å². The molecule has 6 nitrogen and oxygen atoms in total. The van der Waals surface area contributed by atoms with Crippen molar-refractivity contribution in [3.05, 3.63) is 82.9 Å². The summed E-state index contributed by atoms with van der Waals surface area (Å²) in [5.41, 5.74) is 2.07. The van der Waals surface area contributed by atoms with Crippen molar-refractivity contribution in [2.45, 2.75) is 49.3 Å². The maximum Gasteiger partial charge on any atom is 0.255 e. The SMILES string of the molecule is CCCN(CCC)CCCc1cc(NC(=O)c2ccc(S(=O)(=O)c3ccc(Cl)cc3)cc2)ccc1OC. The Morgan fingerprint density at radius 1 is 0.892 bits per heavy atom. The minimum atomic E-state index is -3.70. The maximum absolute atomic E-state index is 12.9. The fraction of sp³-hybridized carbons (Fsp3) is 0.345. The van der Waals surface area contributed by atoms with Gasteiger partial charge in [0.1, 0.15) is 5.75 Å². The molecule has 0 aliphatic rings. The highest BCUT2D eigenvalue weighted by Gasteiger charge is 2.18. The van der Waals surface area contributed by atoms with Gasteiger partial charge < -0.3 is 15.0 Å². The maximum atomic E-state index is 12.9. The van der Waals surface area contributed by atoms with E-state index in [-0.39, 0.29) is 15.7 Å². The molecule has 3 aromatic rings. The number of ether oxygens (including phenoxy) is 1. The lowest BCUT2D eigenvalue weighted by molar-refractivity contribution is 0.102. The number of methoxy groups -OCH3 is 1. The van der Waals surface area contributed by atoms with Crippen LogP contribution in [0, 0.1) is 0 Å². The molecule has 0 fully saturated rings. The average Bonchev–Trinajstić information content (AvgIpc) is 2.89. The monoisotopic (exact) mass is 542 g/mol. The molecule has 0 radical (unpaired) electrons. The quantitative estimate of drug-likeness (QED) is 0.267. The molecule has 0 aliphatic heterocycles. The predicted octanol–water partition coefficient (Wildman–Crippen LogP) is 6.49. The van der Waals surface area contributed by atoms with Gasteiger partial charge in [-0.05, 0) is 118 Å². The Morgan fingerprint density at radius 2 is 1.49 bits per heavy atom. The number of anilines is 1. The zero-order valence-electron chi connectivity index (χ0n) is 21.7. The van der Waals surface area contributed by atoms with E-state index in [2.05, 4.69) is 24.1 Å². The van der Waals surface area contributed by atoms with E-state index in [0.29, 0.717) is 16.3 Å². The molecule has 0 bridgehead atoms. The van der Waals surface area contributed by atoms with Crippen LogP contribution in [-0.4, -0.2) is 46.0 Å². The predicted molar refractivity (Wildman–Crippen MR) is 150 cm³/mol. The van der Waals surface area contributed by atoms with Crippen LogP contribution >= 0.6 is 11.6 Å². The second kappa shape index (κ2) is 13.6. The first kappa shape index (κ1) is 28.7. The van der Waals surface area contributed by atoms with E-state index in [0.717, 1.165) is 56.6 Å². The van der Waals surface area contributed by atoms with Gasteiger partial charge in [0.15, 0.2) is 0 Å². The largest absolute Gasteiger partial charge is 0.496 e. The first-order valence-electron chi connectivity index (χ1n) is 12.6. The molecule has 3 rings (SSSR count). The van der Waals surface area contributed by atoms with E-state index in [9.17, 15) is 13.2 Å². The lowest BCUT2D eigenvalue weighted by Crippen LogP contribution is -2.26. The van der Waals surface area contributed by atoms with Gasteiger partial charge in [-0.1, -0.05) is 25.4 Å². The summed E-state index contributed by atoms with van der Waals surface area (Å²) in [5.74, 6) is 0.482. The van der Waals surface area contributed by atoms with Crippen LogP contribution < -0.4 is 10.1 Å². The van der Waals surface area contributed by atoms with E-state index in [1.54, 1.807) is 13.2 Å². The van der Waals surface area contributed by atoms with Crippen LogP contribution in [0.5, 0.6) is 5.75 Å². The molecule has 0 aliphatic carbocycles. The summed E-state index contributed by atoms with van der Waals surface area (Å²) in [5, 5.41) is 3.38. The number of halogens is 1. The number of nitrogens with one attached hydrogen (secondary N) is 1. The third-order valence-electron chi connectivity index (χ3n) is 6.09. The van der Waals surface area contributed by atoms with E-state index in [4.69, 9.17) is 16.3 Å². The van der Waals surface area contributed by atoms with Crippen molar-refractivity contribution >= 4 is 33.0 Å². The summed E-state index contributed by atoms with van der Waals surface area (Å²) < 4.78 is 31.3. The molecule has 1 N–H and O–H groups in total. The van der Waals surface area contributed by atoms with Crippen molar-refractivity contribution in [3.8, 4) is 5.75 Å². The first-order chi connectivity index (χ1) is 17.8. The fourth-order valence-electron chi connectivity index (χ4n) is 4.25. The van der Waals surface area contributed by atoms with E-state index < -0.39 is 9.84 Å². The highest BCUT2D eigenvalue weighted by Crippen LogP contribution is 2.26. The van der Waals surface area contributed by atoms with Gasteiger partial charge in [0.05, 0.1) is 16.9 Å². The van der Waals surface area contributed by atoms with Gasteiger partial charge in [-0.2, -0.15) is 0 Å². The van der Waals surface area contributed by atoms with Crippen molar-refractivity contribution in [3.63, 3.8) is 0 Å². The Balaban J connectivity index is 1.68. The topological polar surface area (TPSA) is 75.7 Å². The molecule has 8 heteroatoms. The smallest absolute Gasteiger partial charge is 0.255 e. The molecule has 0 aromatic heterocycles. The molecular formula is C29H35ClN2O4S. The number of benzene rings is 3. The molecule has 0 atom stereocenters. The normalized spacial score (nSPS) is 11.5. The third-order valence-corrected chi connectivity index (χ3v) is 8.13. The van der Waals surface area contributed by atoms with Crippen LogP contribution in [-0.2, 0) is 16.3 Å². The number of carbonyl (C=O) groups is 1. The summed E-state index contributed by atoms with van der Waals surface area (Å²) in [7, 11) is -2.05. The van der Waals surface area contributed by atoms with Crippen LogP contribution in [0.15, 0.2) is 76.5 Å². The Labute approximate surface area is 225 Å². The molecule has 0 saturated carbocycles. The number of hydrogen-bond acceptors (Lipinski definition) is 5. The molecule has 198 valence electrons. The van der Waals surface area contributed by atoms with E-state index in [1.807, 2.05) is 12.1 Å². The molecule has 0 spiro atoms. The lowest BCUT2D eigenvalue weighted by Gasteiger charge is -2.21. The van der Waals surface area contributed by atoms with E-state index in [1.165, 1.54) is 48.5 Å². The van der Waals surface area contributed by atoms with Gasteiger partial charge in [0.2, 0.25) is 9.84 Å². The van der Waals surface area contributed by atoms with Gasteiger partial charge >= 0.3 is 0 Å². The minimum absolute atomic E-state index is 0.110. The Hall–Kier alpha value is -2.87. The first-order valence-corrected chi connectivity index (χ1v) is 14.5. The molecular weight excluding hydrogens is 508 g/mol. The highest BCUT2D eigenvalue weighted by atomic mass is 35.5. The minimum Gasteiger partial charge on any atom is -0.496 e. The summed E-state index contributed by atoms with van der Waals surface area (Å²) >= 11 is 5.87. The van der Waals surface area contributed by atoms with E-state index >= 15 is 0 Å². The second-order valence-electron chi connectivity index (χ2n) is 8.91. The lowest BCUT2D eigenvalue weighted by atomic mass is 10.1. The zero-order chi connectivity index (χ0) is 26.8. The summed E-state index contributed by atoms with van der Waals surface area (Å²) in [6, 6.07) is 17.5. The van der Waals surface area contributed by atoms with Crippen LogP contribution in [0.3, 0.4) is 0 Å². The van der Waals surface area contributed by atoms with Crippen LogP contribution in [0.25, 0.3) is 0 Å².